The second-order valence-electron chi connectivity index (χ2n) is 4.65. The Bertz CT molecular complexity index is 647. The normalized spacial score (nSPS) is 12.0. The second-order valence-corrected chi connectivity index (χ2v) is 5.09. The Morgan fingerprint density at radius 2 is 1.86 bits per heavy atom. The summed E-state index contributed by atoms with van der Waals surface area (Å²) in [5.74, 6) is -0.427. The monoisotopic (exact) mass is 325 g/mol. The molecule has 6 heteroatoms. The lowest BCUT2D eigenvalue weighted by molar-refractivity contribution is -0.0498. The number of rotatable bonds is 5. The van der Waals surface area contributed by atoms with Crippen LogP contribution in [0, 0.1) is 0 Å². The van der Waals surface area contributed by atoms with Crippen molar-refractivity contribution in [1.82, 2.24) is 5.32 Å². The third-order valence-corrected chi connectivity index (χ3v) is 3.29. The highest BCUT2D eigenvalue weighted by molar-refractivity contribution is 6.30. The lowest BCUT2D eigenvalue weighted by atomic mass is 10.1. The van der Waals surface area contributed by atoms with E-state index in [1.165, 1.54) is 24.3 Å². The van der Waals surface area contributed by atoms with Crippen molar-refractivity contribution in [3.63, 3.8) is 0 Å². The molecule has 1 N–H and O–H groups in total. The van der Waals surface area contributed by atoms with Gasteiger partial charge in [-0.25, -0.2) is 0 Å². The van der Waals surface area contributed by atoms with E-state index in [0.717, 1.165) is 5.56 Å². The molecular formula is C16H14ClF2NO2. The first kappa shape index (κ1) is 16.2. The summed E-state index contributed by atoms with van der Waals surface area (Å²) < 4.78 is 28.6. The van der Waals surface area contributed by atoms with Crippen LogP contribution in [0.4, 0.5) is 8.78 Å². The molecule has 0 saturated carbocycles. The molecule has 0 aromatic heterocycles. The van der Waals surface area contributed by atoms with Crippen LogP contribution < -0.4 is 10.1 Å². The number of carbonyl (C=O) groups excluding carboxylic acids is 1. The molecule has 0 heterocycles. The molecule has 0 unspecified atom stereocenters. The Morgan fingerprint density at radius 1 is 1.18 bits per heavy atom. The van der Waals surface area contributed by atoms with E-state index < -0.39 is 6.61 Å². The summed E-state index contributed by atoms with van der Waals surface area (Å²) in [5, 5.41) is 3.40. The topological polar surface area (TPSA) is 38.3 Å². The van der Waals surface area contributed by atoms with E-state index in [9.17, 15) is 13.6 Å². The van der Waals surface area contributed by atoms with E-state index in [1.807, 2.05) is 19.1 Å². The van der Waals surface area contributed by atoms with Crippen molar-refractivity contribution in [3.8, 4) is 5.75 Å². The number of alkyl halides is 2. The summed E-state index contributed by atoms with van der Waals surface area (Å²) >= 11 is 5.81. The van der Waals surface area contributed by atoms with Gasteiger partial charge in [-0.15, -0.1) is 0 Å². The molecule has 2 aromatic rings. The van der Waals surface area contributed by atoms with Crippen molar-refractivity contribution >= 4 is 17.5 Å². The maximum absolute atomic E-state index is 12.2. The minimum atomic E-state index is -2.92. The lowest BCUT2D eigenvalue weighted by Crippen LogP contribution is -2.26. The van der Waals surface area contributed by atoms with Crippen LogP contribution in [-0.2, 0) is 0 Å². The van der Waals surface area contributed by atoms with E-state index >= 15 is 0 Å². The predicted octanol–water partition coefficient (Wildman–Crippen LogP) is 4.43. The molecule has 0 spiro atoms. The number of halogens is 3. The number of amides is 1. The molecule has 22 heavy (non-hydrogen) atoms. The Hall–Kier alpha value is -2.14. The molecule has 0 aliphatic heterocycles. The maximum atomic E-state index is 12.2. The van der Waals surface area contributed by atoms with Crippen molar-refractivity contribution < 1.29 is 18.3 Å². The third-order valence-electron chi connectivity index (χ3n) is 3.04. The molecule has 2 rings (SSSR count). The zero-order chi connectivity index (χ0) is 16.1. The number of hydrogen-bond acceptors (Lipinski definition) is 2. The van der Waals surface area contributed by atoms with Gasteiger partial charge in [-0.3, -0.25) is 4.79 Å². The van der Waals surface area contributed by atoms with Crippen molar-refractivity contribution in [3.05, 3.63) is 64.7 Å². The zero-order valence-electron chi connectivity index (χ0n) is 11.7. The molecule has 1 amide bonds. The SMILES string of the molecule is C[C@@H](NC(=O)c1cccc(OC(F)F)c1)c1ccc(Cl)cc1. The second kappa shape index (κ2) is 7.22. The number of benzene rings is 2. The molecule has 0 aliphatic rings. The van der Waals surface area contributed by atoms with Gasteiger partial charge >= 0.3 is 6.61 Å². The molecule has 1 atom stereocenters. The van der Waals surface area contributed by atoms with Crippen LogP contribution in [0.5, 0.6) is 5.75 Å². The fourth-order valence-corrected chi connectivity index (χ4v) is 2.05. The Morgan fingerprint density at radius 3 is 2.50 bits per heavy atom. The molecule has 0 radical (unpaired) electrons. The van der Waals surface area contributed by atoms with Gasteiger partial charge in [0.05, 0.1) is 6.04 Å². The van der Waals surface area contributed by atoms with Crippen LogP contribution >= 0.6 is 11.6 Å². The lowest BCUT2D eigenvalue weighted by Gasteiger charge is -2.15. The van der Waals surface area contributed by atoms with Gasteiger partial charge in [0.1, 0.15) is 5.75 Å². The number of hydrogen-bond donors (Lipinski definition) is 1. The Labute approximate surface area is 131 Å². The Balaban J connectivity index is 2.06. The largest absolute Gasteiger partial charge is 0.435 e. The minimum Gasteiger partial charge on any atom is -0.435 e. The van der Waals surface area contributed by atoms with E-state index in [2.05, 4.69) is 10.1 Å². The summed E-state index contributed by atoms with van der Waals surface area (Å²) in [5.41, 5.74) is 1.14. The summed E-state index contributed by atoms with van der Waals surface area (Å²) in [7, 11) is 0. The average molecular weight is 326 g/mol. The van der Waals surface area contributed by atoms with Gasteiger partial charge in [0, 0.05) is 10.6 Å². The van der Waals surface area contributed by atoms with Gasteiger partial charge in [0.2, 0.25) is 0 Å². The first-order chi connectivity index (χ1) is 10.5. The average Bonchev–Trinajstić information content (AvgIpc) is 2.47. The summed E-state index contributed by atoms with van der Waals surface area (Å²) in [4.78, 5) is 12.2. The molecule has 0 fully saturated rings. The molecular weight excluding hydrogens is 312 g/mol. The smallest absolute Gasteiger partial charge is 0.387 e. The fraction of sp³-hybridized carbons (Fsp3) is 0.188. The predicted molar refractivity (Wildman–Crippen MR) is 80.4 cm³/mol. The Kier molecular flexibility index (Phi) is 5.33. The zero-order valence-corrected chi connectivity index (χ0v) is 12.5. The van der Waals surface area contributed by atoms with Crippen LogP contribution in [0.25, 0.3) is 0 Å². The molecule has 2 aromatic carbocycles. The van der Waals surface area contributed by atoms with E-state index in [0.29, 0.717) is 5.02 Å². The minimum absolute atomic E-state index is 0.0539. The fourth-order valence-electron chi connectivity index (χ4n) is 1.93. The number of carbonyl (C=O) groups is 1. The van der Waals surface area contributed by atoms with Gasteiger partial charge in [0.25, 0.3) is 5.91 Å². The molecule has 0 saturated heterocycles. The molecule has 0 bridgehead atoms. The summed E-state index contributed by atoms with van der Waals surface area (Å²) in [6.45, 7) is -1.10. The van der Waals surface area contributed by atoms with Gasteiger partial charge < -0.3 is 10.1 Å². The highest BCUT2D eigenvalue weighted by atomic mass is 35.5. The van der Waals surface area contributed by atoms with Gasteiger partial charge in [0.15, 0.2) is 0 Å². The number of ether oxygens (including phenoxy) is 1. The van der Waals surface area contributed by atoms with Gasteiger partial charge in [-0.1, -0.05) is 29.8 Å². The first-order valence-electron chi connectivity index (χ1n) is 6.57. The van der Waals surface area contributed by atoms with Crippen LogP contribution in [-0.4, -0.2) is 12.5 Å². The van der Waals surface area contributed by atoms with Crippen molar-refractivity contribution in [2.75, 3.05) is 0 Å². The summed E-state index contributed by atoms with van der Waals surface area (Å²) in [6.07, 6.45) is 0. The van der Waals surface area contributed by atoms with E-state index in [-0.39, 0.29) is 23.3 Å². The van der Waals surface area contributed by atoms with Crippen molar-refractivity contribution in [2.45, 2.75) is 19.6 Å². The molecule has 116 valence electrons. The number of nitrogens with one attached hydrogen (secondary N) is 1. The first-order valence-corrected chi connectivity index (χ1v) is 6.94. The summed E-state index contributed by atoms with van der Waals surface area (Å²) in [6, 6.07) is 12.5. The highest BCUT2D eigenvalue weighted by Crippen LogP contribution is 2.19. The van der Waals surface area contributed by atoms with E-state index in [1.54, 1.807) is 12.1 Å². The molecule has 3 nitrogen and oxygen atoms in total. The van der Waals surface area contributed by atoms with Crippen molar-refractivity contribution in [1.29, 1.82) is 0 Å². The standard InChI is InChI=1S/C16H14ClF2NO2/c1-10(11-5-7-13(17)8-6-11)20-15(21)12-3-2-4-14(9-12)22-16(18)19/h2-10,16H,1H3,(H,20,21)/t10-/m1/s1. The van der Waals surface area contributed by atoms with E-state index in [4.69, 9.17) is 11.6 Å². The van der Waals surface area contributed by atoms with Crippen LogP contribution in [0.2, 0.25) is 5.02 Å². The van der Waals surface area contributed by atoms with Gasteiger partial charge in [-0.2, -0.15) is 8.78 Å². The van der Waals surface area contributed by atoms with Gasteiger partial charge in [-0.05, 0) is 42.8 Å². The van der Waals surface area contributed by atoms with Crippen molar-refractivity contribution in [2.24, 2.45) is 0 Å². The molecule has 0 aliphatic carbocycles. The third kappa shape index (κ3) is 4.43. The van der Waals surface area contributed by atoms with Crippen LogP contribution in [0.3, 0.4) is 0 Å². The van der Waals surface area contributed by atoms with Crippen LogP contribution in [0.1, 0.15) is 28.9 Å². The maximum Gasteiger partial charge on any atom is 0.387 e. The van der Waals surface area contributed by atoms with Crippen LogP contribution in [0.15, 0.2) is 48.5 Å². The quantitative estimate of drug-likeness (QED) is 0.883. The highest BCUT2D eigenvalue weighted by Gasteiger charge is 2.13.